The summed E-state index contributed by atoms with van der Waals surface area (Å²) in [5, 5.41) is 3.29. The zero-order chi connectivity index (χ0) is 20.6. The first-order chi connectivity index (χ1) is 14.1. The fourth-order valence-corrected chi connectivity index (χ4v) is 2.78. The molecule has 0 heterocycles. The molecule has 0 aliphatic rings. The smallest absolute Gasteiger partial charge is 0.248 e. The van der Waals surface area contributed by atoms with E-state index in [1.165, 1.54) is 6.08 Å². The Morgan fingerprint density at radius 2 is 1.62 bits per heavy atom. The van der Waals surface area contributed by atoms with Gasteiger partial charge in [-0.1, -0.05) is 35.9 Å². The maximum atomic E-state index is 12.4. The highest BCUT2D eigenvalue weighted by Crippen LogP contribution is 2.32. The number of amides is 1. The van der Waals surface area contributed by atoms with E-state index in [-0.39, 0.29) is 5.91 Å². The van der Waals surface area contributed by atoms with Crippen LogP contribution in [0.3, 0.4) is 0 Å². The fourth-order valence-electron chi connectivity index (χ4n) is 2.61. The van der Waals surface area contributed by atoms with Crippen LogP contribution in [0.5, 0.6) is 23.0 Å². The van der Waals surface area contributed by atoms with Crippen LogP contribution in [0.25, 0.3) is 6.08 Å². The van der Waals surface area contributed by atoms with Gasteiger partial charge >= 0.3 is 0 Å². The summed E-state index contributed by atoms with van der Waals surface area (Å²) in [5.41, 5.74) is 1.27. The normalized spacial score (nSPS) is 10.6. The summed E-state index contributed by atoms with van der Waals surface area (Å²) in [6, 6.07) is 19.7. The van der Waals surface area contributed by atoms with Crippen molar-refractivity contribution in [1.82, 2.24) is 0 Å². The van der Waals surface area contributed by atoms with Crippen molar-refractivity contribution in [2.24, 2.45) is 0 Å². The number of methoxy groups -OCH3 is 2. The number of carbonyl (C=O) groups excluding carboxylic acids is 1. The lowest BCUT2D eigenvalue weighted by Gasteiger charge is -2.12. The summed E-state index contributed by atoms with van der Waals surface area (Å²) in [5.74, 6) is 2.04. The fraction of sp³-hybridized carbons (Fsp3) is 0.0870. The number of halogens is 1. The first-order valence-electron chi connectivity index (χ1n) is 8.82. The van der Waals surface area contributed by atoms with E-state index in [1.54, 1.807) is 50.6 Å². The Morgan fingerprint density at radius 1 is 0.897 bits per heavy atom. The second-order valence-electron chi connectivity index (χ2n) is 5.99. The lowest BCUT2D eigenvalue weighted by atomic mass is 10.2. The van der Waals surface area contributed by atoms with Crippen molar-refractivity contribution in [3.63, 3.8) is 0 Å². The monoisotopic (exact) mass is 409 g/mol. The standard InChI is InChI=1S/C23H20ClNO4/c1-27-21-11-8-16(14-22(21)28-2)9-13-23(26)25-19-15-17(24)10-12-20(19)29-18-6-4-3-5-7-18/h3-15H,1-2H3,(H,25,26)/b13-9+. The minimum atomic E-state index is -0.319. The van der Waals surface area contributed by atoms with Crippen molar-refractivity contribution in [2.75, 3.05) is 19.5 Å². The Hall–Kier alpha value is -3.44. The van der Waals surface area contributed by atoms with E-state index < -0.39 is 0 Å². The molecule has 0 radical (unpaired) electrons. The van der Waals surface area contributed by atoms with Gasteiger partial charge in [0.1, 0.15) is 5.75 Å². The molecular formula is C23H20ClNO4. The number of anilines is 1. The van der Waals surface area contributed by atoms with Gasteiger partial charge in [0.2, 0.25) is 5.91 Å². The number of hydrogen-bond donors (Lipinski definition) is 1. The molecule has 0 fully saturated rings. The number of para-hydroxylation sites is 1. The third-order valence-corrected chi connectivity index (χ3v) is 4.24. The topological polar surface area (TPSA) is 56.8 Å². The van der Waals surface area contributed by atoms with Gasteiger partial charge in [-0.25, -0.2) is 0 Å². The molecule has 0 spiro atoms. The number of hydrogen-bond acceptors (Lipinski definition) is 4. The van der Waals surface area contributed by atoms with Crippen molar-refractivity contribution >= 4 is 29.3 Å². The van der Waals surface area contributed by atoms with Crippen LogP contribution in [0.4, 0.5) is 5.69 Å². The van der Waals surface area contributed by atoms with Crippen molar-refractivity contribution in [1.29, 1.82) is 0 Å². The van der Waals surface area contributed by atoms with E-state index in [2.05, 4.69) is 5.32 Å². The minimum Gasteiger partial charge on any atom is -0.493 e. The van der Waals surface area contributed by atoms with Gasteiger partial charge in [-0.3, -0.25) is 4.79 Å². The Bertz CT molecular complexity index is 1020. The van der Waals surface area contributed by atoms with Crippen molar-refractivity contribution in [3.8, 4) is 23.0 Å². The third kappa shape index (κ3) is 5.53. The van der Waals surface area contributed by atoms with Gasteiger partial charge in [-0.15, -0.1) is 0 Å². The van der Waals surface area contributed by atoms with Crippen LogP contribution in [0, 0.1) is 0 Å². The molecule has 29 heavy (non-hydrogen) atoms. The zero-order valence-corrected chi connectivity index (χ0v) is 16.8. The molecule has 3 aromatic carbocycles. The lowest BCUT2D eigenvalue weighted by Crippen LogP contribution is -2.08. The summed E-state index contributed by atoms with van der Waals surface area (Å²) in [6.07, 6.45) is 3.11. The van der Waals surface area contributed by atoms with Crippen molar-refractivity contribution in [3.05, 3.63) is 83.4 Å². The van der Waals surface area contributed by atoms with Crippen LogP contribution in [0.15, 0.2) is 72.8 Å². The van der Waals surface area contributed by atoms with Crippen LogP contribution in [0.1, 0.15) is 5.56 Å². The van der Waals surface area contributed by atoms with Gasteiger partial charge in [0.05, 0.1) is 19.9 Å². The van der Waals surface area contributed by atoms with Gasteiger partial charge in [0.15, 0.2) is 17.2 Å². The van der Waals surface area contributed by atoms with E-state index in [1.807, 2.05) is 36.4 Å². The average molecular weight is 410 g/mol. The molecule has 3 aromatic rings. The third-order valence-electron chi connectivity index (χ3n) is 4.01. The highest BCUT2D eigenvalue weighted by Gasteiger charge is 2.09. The molecule has 0 unspecified atom stereocenters. The zero-order valence-electron chi connectivity index (χ0n) is 16.0. The van der Waals surface area contributed by atoms with Gasteiger partial charge in [0, 0.05) is 11.1 Å². The van der Waals surface area contributed by atoms with Crippen molar-refractivity contribution in [2.45, 2.75) is 0 Å². The molecule has 5 nitrogen and oxygen atoms in total. The van der Waals surface area contributed by atoms with Gasteiger partial charge in [0.25, 0.3) is 0 Å². The molecular weight excluding hydrogens is 390 g/mol. The van der Waals surface area contributed by atoms with Crippen molar-refractivity contribution < 1.29 is 19.0 Å². The molecule has 0 saturated heterocycles. The van der Waals surface area contributed by atoms with Crippen LogP contribution >= 0.6 is 11.6 Å². The Morgan fingerprint density at radius 3 is 2.34 bits per heavy atom. The number of nitrogens with one attached hydrogen (secondary N) is 1. The number of rotatable bonds is 7. The first kappa shape index (κ1) is 20.3. The van der Waals surface area contributed by atoms with Crippen LogP contribution in [-0.2, 0) is 4.79 Å². The Labute approximate surface area is 174 Å². The van der Waals surface area contributed by atoms with E-state index in [9.17, 15) is 4.79 Å². The molecule has 0 saturated carbocycles. The quantitative estimate of drug-likeness (QED) is 0.501. The highest BCUT2D eigenvalue weighted by molar-refractivity contribution is 6.31. The molecule has 1 N–H and O–H groups in total. The molecule has 3 rings (SSSR count). The highest BCUT2D eigenvalue weighted by atomic mass is 35.5. The molecule has 148 valence electrons. The molecule has 0 aliphatic heterocycles. The largest absolute Gasteiger partial charge is 0.493 e. The van der Waals surface area contributed by atoms with E-state index in [4.69, 9.17) is 25.8 Å². The molecule has 1 amide bonds. The molecule has 0 atom stereocenters. The summed E-state index contributed by atoms with van der Waals surface area (Å²) < 4.78 is 16.3. The predicted molar refractivity (Wildman–Crippen MR) is 115 cm³/mol. The SMILES string of the molecule is COc1ccc(/C=C/C(=O)Nc2cc(Cl)ccc2Oc2ccccc2)cc1OC. The summed E-state index contributed by atoms with van der Waals surface area (Å²) >= 11 is 6.09. The molecule has 0 bridgehead atoms. The van der Waals surface area contributed by atoms with E-state index in [0.717, 1.165) is 5.56 Å². The van der Waals surface area contributed by atoms with Crippen LogP contribution in [-0.4, -0.2) is 20.1 Å². The Kier molecular flexibility index (Phi) is 6.76. The second-order valence-corrected chi connectivity index (χ2v) is 6.43. The van der Waals surface area contributed by atoms with E-state index in [0.29, 0.717) is 33.7 Å². The first-order valence-corrected chi connectivity index (χ1v) is 9.20. The molecule has 6 heteroatoms. The number of ether oxygens (including phenoxy) is 3. The van der Waals surface area contributed by atoms with Gasteiger partial charge < -0.3 is 19.5 Å². The Balaban J connectivity index is 1.75. The second kappa shape index (κ2) is 9.66. The maximum Gasteiger partial charge on any atom is 0.248 e. The van der Waals surface area contributed by atoms with Crippen LogP contribution < -0.4 is 19.5 Å². The summed E-state index contributed by atoms with van der Waals surface area (Å²) in [7, 11) is 3.13. The summed E-state index contributed by atoms with van der Waals surface area (Å²) in [4.78, 5) is 12.4. The lowest BCUT2D eigenvalue weighted by molar-refractivity contribution is -0.111. The predicted octanol–water partition coefficient (Wildman–Crippen LogP) is 5.80. The molecule has 0 aromatic heterocycles. The van der Waals surface area contributed by atoms with E-state index >= 15 is 0 Å². The van der Waals surface area contributed by atoms with Gasteiger partial charge in [-0.2, -0.15) is 0 Å². The number of carbonyl (C=O) groups is 1. The summed E-state index contributed by atoms with van der Waals surface area (Å²) in [6.45, 7) is 0. The average Bonchev–Trinajstić information content (AvgIpc) is 2.74. The molecule has 0 aliphatic carbocycles. The number of benzene rings is 3. The maximum absolute atomic E-state index is 12.4. The van der Waals surface area contributed by atoms with Gasteiger partial charge in [-0.05, 0) is 54.1 Å². The minimum absolute atomic E-state index is 0.319. The van der Waals surface area contributed by atoms with Crippen LogP contribution in [0.2, 0.25) is 5.02 Å².